The van der Waals surface area contributed by atoms with Crippen molar-refractivity contribution in [3.05, 3.63) is 41.4 Å². The van der Waals surface area contributed by atoms with Gasteiger partial charge in [-0.1, -0.05) is 17.7 Å². The molecule has 0 unspecified atom stereocenters. The summed E-state index contributed by atoms with van der Waals surface area (Å²) in [6.07, 6.45) is 2.40. The third-order valence-corrected chi connectivity index (χ3v) is 3.24. The van der Waals surface area contributed by atoms with E-state index in [0.717, 1.165) is 12.2 Å². The fourth-order valence-electron chi connectivity index (χ4n) is 1.53. The molecule has 0 saturated heterocycles. The molecule has 5 nitrogen and oxygen atoms in total. The summed E-state index contributed by atoms with van der Waals surface area (Å²) in [5, 5.41) is 7.81. The van der Waals surface area contributed by atoms with Gasteiger partial charge in [0, 0.05) is 18.1 Å². The molecule has 0 radical (unpaired) electrons. The van der Waals surface area contributed by atoms with Gasteiger partial charge >= 0.3 is 6.03 Å². The third kappa shape index (κ3) is 4.89. The second kappa shape index (κ2) is 7.49. The van der Waals surface area contributed by atoms with Crippen LogP contribution in [0.4, 0.5) is 9.93 Å². The first kappa shape index (κ1) is 14.3. The number of hydrogen-bond acceptors (Lipinski definition) is 4. The average molecular weight is 291 g/mol. The number of ether oxygens (including phenoxy) is 1. The number of nitrogens with one attached hydrogen (secondary N) is 2. The lowest BCUT2D eigenvalue weighted by molar-refractivity contribution is 0.250. The Morgan fingerprint density at radius 1 is 1.35 bits per heavy atom. The van der Waals surface area contributed by atoms with Crippen molar-refractivity contribution in [2.24, 2.45) is 0 Å². The Morgan fingerprint density at radius 2 is 2.15 bits per heavy atom. The van der Waals surface area contributed by atoms with Crippen LogP contribution >= 0.6 is 11.3 Å². The van der Waals surface area contributed by atoms with Gasteiger partial charge in [-0.15, -0.1) is 11.3 Å². The summed E-state index contributed by atoms with van der Waals surface area (Å²) >= 11 is 1.39. The predicted octanol–water partition coefficient (Wildman–Crippen LogP) is 3.04. The van der Waals surface area contributed by atoms with Crippen molar-refractivity contribution in [1.29, 1.82) is 0 Å². The molecule has 2 N–H and O–H groups in total. The van der Waals surface area contributed by atoms with E-state index in [2.05, 4.69) is 15.6 Å². The lowest BCUT2D eigenvalue weighted by Crippen LogP contribution is -2.30. The summed E-state index contributed by atoms with van der Waals surface area (Å²) in [7, 11) is 0. The summed E-state index contributed by atoms with van der Waals surface area (Å²) < 4.78 is 5.57. The maximum Gasteiger partial charge on any atom is 0.321 e. The molecule has 0 saturated carbocycles. The van der Waals surface area contributed by atoms with Crippen LogP contribution in [0.1, 0.15) is 12.0 Å². The van der Waals surface area contributed by atoms with Gasteiger partial charge in [0.15, 0.2) is 5.13 Å². The van der Waals surface area contributed by atoms with E-state index in [-0.39, 0.29) is 6.03 Å². The van der Waals surface area contributed by atoms with Crippen LogP contribution in [0, 0.1) is 6.92 Å². The fourth-order valence-corrected chi connectivity index (χ4v) is 2.05. The highest BCUT2D eigenvalue weighted by atomic mass is 32.1. The van der Waals surface area contributed by atoms with Crippen molar-refractivity contribution in [3.63, 3.8) is 0 Å². The molecule has 2 amide bonds. The minimum Gasteiger partial charge on any atom is -0.494 e. The number of carbonyl (C=O) groups excluding carboxylic acids is 1. The van der Waals surface area contributed by atoms with Crippen molar-refractivity contribution in [1.82, 2.24) is 10.3 Å². The van der Waals surface area contributed by atoms with Crippen molar-refractivity contribution in [3.8, 4) is 5.75 Å². The maximum atomic E-state index is 11.5. The van der Waals surface area contributed by atoms with E-state index in [0.29, 0.717) is 18.3 Å². The van der Waals surface area contributed by atoms with Crippen LogP contribution in [0.3, 0.4) is 0 Å². The first-order chi connectivity index (χ1) is 9.74. The van der Waals surface area contributed by atoms with Gasteiger partial charge in [-0.2, -0.15) is 0 Å². The number of aromatic nitrogens is 1. The molecule has 0 aliphatic heterocycles. The molecule has 0 fully saturated rings. The zero-order valence-corrected chi connectivity index (χ0v) is 12.1. The Morgan fingerprint density at radius 3 is 2.85 bits per heavy atom. The molecule has 0 bridgehead atoms. The molecule has 20 heavy (non-hydrogen) atoms. The number of carbonyl (C=O) groups is 1. The van der Waals surface area contributed by atoms with E-state index in [1.807, 2.05) is 36.6 Å². The molecule has 0 atom stereocenters. The Bertz CT molecular complexity index is 526. The third-order valence-electron chi connectivity index (χ3n) is 2.55. The van der Waals surface area contributed by atoms with E-state index in [1.54, 1.807) is 6.20 Å². The van der Waals surface area contributed by atoms with Crippen molar-refractivity contribution in [2.45, 2.75) is 13.3 Å². The van der Waals surface area contributed by atoms with Gasteiger partial charge < -0.3 is 10.1 Å². The van der Waals surface area contributed by atoms with Gasteiger partial charge in [-0.3, -0.25) is 5.32 Å². The van der Waals surface area contributed by atoms with Crippen molar-refractivity contribution in [2.75, 3.05) is 18.5 Å². The van der Waals surface area contributed by atoms with Gasteiger partial charge in [-0.05, 0) is 25.5 Å². The molecule has 2 aromatic rings. The van der Waals surface area contributed by atoms with Crippen molar-refractivity contribution >= 4 is 22.5 Å². The summed E-state index contributed by atoms with van der Waals surface area (Å²) in [6.45, 7) is 3.17. The first-order valence-electron chi connectivity index (χ1n) is 6.38. The van der Waals surface area contributed by atoms with Gasteiger partial charge in [0.2, 0.25) is 0 Å². The SMILES string of the molecule is Cc1ccc(OCCCNC(=O)Nc2nccs2)cc1. The van der Waals surface area contributed by atoms with Crippen LogP contribution in [0.15, 0.2) is 35.8 Å². The van der Waals surface area contributed by atoms with E-state index in [9.17, 15) is 4.79 Å². The number of nitrogens with zero attached hydrogens (tertiary/aromatic N) is 1. The van der Waals surface area contributed by atoms with Crippen molar-refractivity contribution < 1.29 is 9.53 Å². The molecule has 1 aromatic carbocycles. The Kier molecular flexibility index (Phi) is 5.37. The highest BCUT2D eigenvalue weighted by molar-refractivity contribution is 7.13. The topological polar surface area (TPSA) is 63.2 Å². The minimum atomic E-state index is -0.240. The molecule has 0 aliphatic carbocycles. The van der Waals surface area contributed by atoms with Gasteiger partial charge in [0.1, 0.15) is 5.75 Å². The smallest absolute Gasteiger partial charge is 0.321 e. The number of benzene rings is 1. The highest BCUT2D eigenvalue weighted by Gasteiger charge is 2.02. The predicted molar refractivity (Wildman–Crippen MR) is 80.4 cm³/mol. The minimum absolute atomic E-state index is 0.240. The standard InChI is InChI=1S/C14H17N3O2S/c1-11-3-5-12(6-4-11)19-9-2-7-15-13(18)17-14-16-8-10-20-14/h3-6,8,10H,2,7,9H2,1H3,(H2,15,16,17,18). The number of rotatable bonds is 6. The molecule has 2 rings (SSSR count). The summed E-state index contributed by atoms with van der Waals surface area (Å²) in [4.78, 5) is 15.5. The van der Waals surface area contributed by atoms with E-state index < -0.39 is 0 Å². The zero-order chi connectivity index (χ0) is 14.2. The van der Waals surface area contributed by atoms with Gasteiger partial charge in [0.05, 0.1) is 6.61 Å². The summed E-state index contributed by atoms with van der Waals surface area (Å²) in [5.41, 5.74) is 1.21. The Balaban J connectivity index is 1.57. The van der Waals surface area contributed by atoms with E-state index >= 15 is 0 Å². The quantitative estimate of drug-likeness (QED) is 0.804. The van der Waals surface area contributed by atoms with Gasteiger partial charge in [0.25, 0.3) is 0 Å². The second-order valence-corrected chi connectivity index (χ2v) is 5.13. The molecule has 0 aliphatic rings. The lowest BCUT2D eigenvalue weighted by atomic mass is 10.2. The second-order valence-electron chi connectivity index (χ2n) is 4.23. The zero-order valence-electron chi connectivity index (χ0n) is 11.3. The fraction of sp³-hybridized carbons (Fsp3) is 0.286. The molecular weight excluding hydrogens is 274 g/mol. The molecule has 106 valence electrons. The molecule has 0 spiro atoms. The lowest BCUT2D eigenvalue weighted by Gasteiger charge is -2.07. The molecule has 1 aromatic heterocycles. The number of hydrogen-bond donors (Lipinski definition) is 2. The monoisotopic (exact) mass is 291 g/mol. The number of thiazole rings is 1. The van der Waals surface area contributed by atoms with Crippen LogP contribution < -0.4 is 15.4 Å². The molecule has 6 heteroatoms. The Hall–Kier alpha value is -2.08. The first-order valence-corrected chi connectivity index (χ1v) is 7.26. The maximum absolute atomic E-state index is 11.5. The largest absolute Gasteiger partial charge is 0.494 e. The van der Waals surface area contributed by atoms with Crippen LogP contribution in [-0.2, 0) is 0 Å². The normalized spacial score (nSPS) is 10.1. The van der Waals surface area contributed by atoms with Crippen LogP contribution in [0.25, 0.3) is 0 Å². The van der Waals surface area contributed by atoms with E-state index in [4.69, 9.17) is 4.74 Å². The summed E-state index contributed by atoms with van der Waals surface area (Å²) in [5.74, 6) is 0.850. The highest BCUT2D eigenvalue weighted by Crippen LogP contribution is 2.11. The van der Waals surface area contributed by atoms with E-state index in [1.165, 1.54) is 16.9 Å². The van der Waals surface area contributed by atoms with Crippen LogP contribution in [0.2, 0.25) is 0 Å². The number of urea groups is 1. The summed E-state index contributed by atoms with van der Waals surface area (Å²) in [6, 6.07) is 7.66. The molecule has 1 heterocycles. The number of anilines is 1. The van der Waals surface area contributed by atoms with Crippen LogP contribution in [-0.4, -0.2) is 24.2 Å². The van der Waals surface area contributed by atoms with Crippen LogP contribution in [0.5, 0.6) is 5.75 Å². The van der Waals surface area contributed by atoms with Gasteiger partial charge in [-0.25, -0.2) is 9.78 Å². The number of amides is 2. The molecular formula is C14H17N3O2S. The average Bonchev–Trinajstić information content (AvgIpc) is 2.93. The Labute approximate surface area is 122 Å². The number of aryl methyl sites for hydroxylation is 1.